The minimum Gasteiger partial charge on any atom is -0.303 e. The Bertz CT molecular complexity index is 669. The molecule has 0 unspecified atom stereocenters. The van der Waals surface area contributed by atoms with Crippen LogP contribution < -0.4 is 0 Å². The number of hydrogen-bond donors (Lipinski definition) is 0. The molecular weight excluding hydrogens is 356 g/mol. The van der Waals surface area contributed by atoms with Gasteiger partial charge in [-0.05, 0) is 74.7 Å². The molecule has 0 saturated carbocycles. The van der Waals surface area contributed by atoms with Crippen molar-refractivity contribution in [2.75, 3.05) is 32.7 Å². The van der Waals surface area contributed by atoms with Crippen LogP contribution in [-0.2, 0) is 16.4 Å². The molecule has 0 bridgehead atoms. The molecular formula is C22H36N2O2S. The SMILES string of the molecule is CC(C)Cc1ccc(S(=O)(=O)N2CCC(CN3CCCCCC3)CC2)cc1. The average molecular weight is 393 g/mol. The molecule has 2 saturated heterocycles. The minimum atomic E-state index is -3.35. The molecule has 4 nitrogen and oxygen atoms in total. The van der Waals surface area contributed by atoms with E-state index in [2.05, 4.69) is 18.7 Å². The normalized spacial score (nSPS) is 21.4. The highest BCUT2D eigenvalue weighted by atomic mass is 32.2. The van der Waals surface area contributed by atoms with Crippen LogP contribution in [0.4, 0.5) is 0 Å². The molecule has 2 fully saturated rings. The van der Waals surface area contributed by atoms with Gasteiger partial charge in [-0.3, -0.25) is 0 Å². The van der Waals surface area contributed by atoms with Crippen molar-refractivity contribution in [1.29, 1.82) is 0 Å². The van der Waals surface area contributed by atoms with Crippen LogP contribution in [0.25, 0.3) is 0 Å². The molecule has 0 radical (unpaired) electrons. The van der Waals surface area contributed by atoms with E-state index in [0.29, 0.717) is 29.8 Å². The molecule has 0 amide bonds. The van der Waals surface area contributed by atoms with Gasteiger partial charge in [0, 0.05) is 19.6 Å². The monoisotopic (exact) mass is 392 g/mol. The molecule has 0 N–H and O–H groups in total. The molecule has 0 spiro atoms. The molecule has 2 aliphatic rings. The summed E-state index contributed by atoms with van der Waals surface area (Å²) in [7, 11) is -3.35. The molecule has 0 aliphatic carbocycles. The first-order chi connectivity index (χ1) is 12.9. The first kappa shape index (κ1) is 20.8. The molecule has 3 rings (SSSR count). The maximum atomic E-state index is 13.0. The fraction of sp³-hybridized carbons (Fsp3) is 0.727. The van der Waals surface area contributed by atoms with Gasteiger partial charge in [-0.1, -0.05) is 38.8 Å². The van der Waals surface area contributed by atoms with Crippen molar-refractivity contribution in [3.8, 4) is 0 Å². The first-order valence-corrected chi connectivity index (χ1v) is 12.2. The third-order valence-corrected chi connectivity index (χ3v) is 7.91. The summed E-state index contributed by atoms with van der Waals surface area (Å²) < 4.78 is 27.7. The predicted molar refractivity (Wildman–Crippen MR) is 111 cm³/mol. The number of hydrogen-bond acceptors (Lipinski definition) is 3. The predicted octanol–water partition coefficient (Wildman–Crippen LogP) is 4.16. The van der Waals surface area contributed by atoms with Gasteiger partial charge in [0.1, 0.15) is 0 Å². The van der Waals surface area contributed by atoms with E-state index in [9.17, 15) is 8.42 Å². The second-order valence-corrected chi connectivity index (χ2v) is 10.7. The largest absolute Gasteiger partial charge is 0.303 e. The average Bonchev–Trinajstić information content (AvgIpc) is 2.91. The number of nitrogens with zero attached hydrogens (tertiary/aromatic N) is 2. The lowest BCUT2D eigenvalue weighted by molar-refractivity contribution is 0.186. The summed E-state index contributed by atoms with van der Waals surface area (Å²) in [5.74, 6) is 1.22. The Hall–Kier alpha value is -0.910. The van der Waals surface area contributed by atoms with Crippen LogP contribution in [-0.4, -0.2) is 50.3 Å². The van der Waals surface area contributed by atoms with E-state index in [1.54, 1.807) is 16.4 Å². The topological polar surface area (TPSA) is 40.6 Å². The molecule has 1 aromatic rings. The second kappa shape index (κ2) is 9.53. The van der Waals surface area contributed by atoms with Gasteiger partial charge in [0.25, 0.3) is 0 Å². The van der Waals surface area contributed by atoms with Gasteiger partial charge in [-0.25, -0.2) is 8.42 Å². The second-order valence-electron chi connectivity index (χ2n) is 8.80. The van der Waals surface area contributed by atoms with Crippen LogP contribution in [0.3, 0.4) is 0 Å². The summed E-state index contributed by atoms with van der Waals surface area (Å²) in [6.07, 6.45) is 8.33. The summed E-state index contributed by atoms with van der Waals surface area (Å²) >= 11 is 0. The summed E-state index contributed by atoms with van der Waals surface area (Å²) in [5.41, 5.74) is 1.21. The van der Waals surface area contributed by atoms with Crippen LogP contribution in [0.15, 0.2) is 29.2 Å². The number of rotatable bonds is 6. The Morgan fingerprint density at radius 1 is 0.926 bits per heavy atom. The third-order valence-electron chi connectivity index (χ3n) is 5.99. The summed E-state index contributed by atoms with van der Waals surface area (Å²) in [6.45, 7) is 9.28. The lowest BCUT2D eigenvalue weighted by atomic mass is 9.97. The minimum absolute atomic E-state index is 0.445. The van der Waals surface area contributed by atoms with E-state index in [4.69, 9.17) is 0 Å². The Kier molecular flexibility index (Phi) is 7.35. The lowest BCUT2D eigenvalue weighted by Crippen LogP contribution is -2.41. The van der Waals surface area contributed by atoms with Crippen LogP contribution in [0.2, 0.25) is 0 Å². The molecule has 2 aliphatic heterocycles. The van der Waals surface area contributed by atoms with Gasteiger partial charge in [-0.15, -0.1) is 0 Å². The van der Waals surface area contributed by atoms with Crippen molar-refractivity contribution in [3.05, 3.63) is 29.8 Å². The van der Waals surface area contributed by atoms with Crippen molar-refractivity contribution in [2.45, 2.75) is 63.7 Å². The number of likely N-dealkylation sites (tertiary alicyclic amines) is 1. The van der Waals surface area contributed by atoms with Gasteiger partial charge in [0.15, 0.2) is 0 Å². The Labute approximate surface area is 166 Å². The molecule has 5 heteroatoms. The van der Waals surface area contributed by atoms with Crippen molar-refractivity contribution in [1.82, 2.24) is 9.21 Å². The van der Waals surface area contributed by atoms with Gasteiger partial charge in [0.2, 0.25) is 10.0 Å². The number of benzene rings is 1. The van der Waals surface area contributed by atoms with E-state index >= 15 is 0 Å². The van der Waals surface area contributed by atoms with E-state index < -0.39 is 10.0 Å². The highest BCUT2D eigenvalue weighted by molar-refractivity contribution is 7.89. The maximum Gasteiger partial charge on any atom is 0.243 e. The lowest BCUT2D eigenvalue weighted by Gasteiger charge is -2.34. The van der Waals surface area contributed by atoms with Gasteiger partial charge < -0.3 is 4.90 Å². The van der Waals surface area contributed by atoms with Crippen molar-refractivity contribution < 1.29 is 8.42 Å². The fourth-order valence-corrected chi connectivity index (χ4v) is 5.90. The van der Waals surface area contributed by atoms with Crippen molar-refractivity contribution in [2.24, 2.45) is 11.8 Å². The molecule has 1 aromatic carbocycles. The zero-order chi connectivity index (χ0) is 19.3. The Balaban J connectivity index is 1.54. The third kappa shape index (κ3) is 5.78. The van der Waals surface area contributed by atoms with Crippen molar-refractivity contribution in [3.63, 3.8) is 0 Å². The Morgan fingerprint density at radius 2 is 1.52 bits per heavy atom. The van der Waals surface area contributed by atoms with Gasteiger partial charge in [0.05, 0.1) is 4.90 Å². The highest BCUT2D eigenvalue weighted by Crippen LogP contribution is 2.25. The van der Waals surface area contributed by atoms with Crippen LogP contribution in [0.1, 0.15) is 57.9 Å². The smallest absolute Gasteiger partial charge is 0.243 e. The summed E-state index contributed by atoms with van der Waals surface area (Å²) in [6, 6.07) is 7.52. The van der Waals surface area contributed by atoms with Crippen LogP contribution in [0.5, 0.6) is 0 Å². The first-order valence-electron chi connectivity index (χ1n) is 10.8. The van der Waals surface area contributed by atoms with Crippen LogP contribution >= 0.6 is 0 Å². The van der Waals surface area contributed by atoms with Crippen molar-refractivity contribution >= 4 is 10.0 Å². The maximum absolute atomic E-state index is 13.0. The molecule has 0 aromatic heterocycles. The van der Waals surface area contributed by atoms with Gasteiger partial charge in [-0.2, -0.15) is 4.31 Å². The molecule has 0 atom stereocenters. The summed E-state index contributed by atoms with van der Waals surface area (Å²) in [4.78, 5) is 3.05. The van der Waals surface area contributed by atoms with Gasteiger partial charge >= 0.3 is 0 Å². The zero-order valence-corrected chi connectivity index (χ0v) is 17.9. The van der Waals surface area contributed by atoms with E-state index in [0.717, 1.165) is 25.8 Å². The fourth-order valence-electron chi connectivity index (χ4n) is 4.43. The van der Waals surface area contributed by atoms with Crippen LogP contribution in [0, 0.1) is 11.8 Å². The Morgan fingerprint density at radius 3 is 2.07 bits per heavy atom. The van der Waals surface area contributed by atoms with E-state index in [1.165, 1.54) is 44.3 Å². The standard InChI is InChI=1S/C22H36N2O2S/c1-19(2)17-20-7-9-22(10-8-20)27(25,26)24-15-11-21(12-16-24)18-23-13-5-3-4-6-14-23/h7-10,19,21H,3-6,11-18H2,1-2H3. The summed E-state index contributed by atoms with van der Waals surface area (Å²) in [5, 5.41) is 0. The number of piperidine rings is 1. The molecule has 152 valence electrons. The highest BCUT2D eigenvalue weighted by Gasteiger charge is 2.30. The number of sulfonamides is 1. The molecule has 2 heterocycles. The van der Waals surface area contributed by atoms with E-state index in [1.807, 2.05) is 12.1 Å². The molecule has 27 heavy (non-hydrogen) atoms. The quantitative estimate of drug-likeness (QED) is 0.730. The zero-order valence-electron chi connectivity index (χ0n) is 17.1. The van der Waals surface area contributed by atoms with E-state index in [-0.39, 0.29) is 0 Å².